The Bertz CT molecular complexity index is 1140. The molecule has 3 aromatic heterocycles. The van der Waals surface area contributed by atoms with Crippen molar-refractivity contribution in [2.45, 2.75) is 13.0 Å². The van der Waals surface area contributed by atoms with Gasteiger partial charge in [0.2, 0.25) is 0 Å². The summed E-state index contributed by atoms with van der Waals surface area (Å²) in [5.74, 6) is -0.556. The Morgan fingerprint density at radius 1 is 1.05 bits per heavy atom. The number of hydrogen-bond donors (Lipinski definition) is 2. The number of ether oxygens (including phenoxy) is 2. The molecule has 0 bridgehead atoms. The number of benzene rings is 1. The Hall–Kier alpha value is -4.29. The van der Waals surface area contributed by atoms with Gasteiger partial charge in [0.25, 0.3) is 0 Å². The fourth-order valence-electron chi connectivity index (χ4n) is 2.52. The normalized spacial score (nSPS) is 9.46. The number of carbonyl (C=O) groups excluding carboxylic acids is 2. The molecule has 0 unspecified atom stereocenters. The van der Waals surface area contributed by atoms with Gasteiger partial charge in [0.1, 0.15) is 25.0 Å². The molecule has 0 saturated carbocycles. The van der Waals surface area contributed by atoms with E-state index >= 15 is 0 Å². The van der Waals surface area contributed by atoms with Crippen LogP contribution in [-0.2, 0) is 48.4 Å². The average molecular weight is 513 g/mol. The average Bonchev–Trinajstić information content (AvgIpc) is 3.67. The van der Waals surface area contributed by atoms with E-state index in [0.29, 0.717) is 19.0 Å². The monoisotopic (exact) mass is 512 g/mol. The Morgan fingerprint density at radius 2 is 1.76 bits per heavy atom. The third-order valence-corrected chi connectivity index (χ3v) is 4.42. The maximum Gasteiger partial charge on any atom is 0.355 e. The second-order valence-electron chi connectivity index (χ2n) is 7.48. The van der Waals surface area contributed by atoms with Crippen molar-refractivity contribution in [2.75, 3.05) is 20.8 Å². The first-order chi connectivity index (χ1) is 17.8. The Balaban J connectivity index is 0.000000281. The van der Waals surface area contributed by atoms with Crippen LogP contribution in [0.1, 0.15) is 21.7 Å². The highest BCUT2D eigenvalue weighted by atomic mass is 16.5. The number of methoxy groups -OCH3 is 1. The smallest absolute Gasteiger partial charge is 0.355 e. The summed E-state index contributed by atoms with van der Waals surface area (Å²) in [6.07, 6.45) is 8.64. The van der Waals surface area contributed by atoms with Gasteiger partial charge in [-0.15, -0.1) is 0 Å². The highest BCUT2D eigenvalue weighted by molar-refractivity contribution is 5.87. The summed E-state index contributed by atoms with van der Waals surface area (Å²) in [6, 6.07) is 13.2. The molecular formula is C25H36N8O4. The number of imidazole rings is 1. The van der Waals surface area contributed by atoms with Gasteiger partial charge in [0.05, 0.1) is 25.6 Å². The molecule has 12 heteroatoms. The predicted molar refractivity (Wildman–Crippen MR) is 139 cm³/mol. The molecule has 0 atom stereocenters. The van der Waals surface area contributed by atoms with Crippen LogP contribution in [0.5, 0.6) is 0 Å². The quantitative estimate of drug-likeness (QED) is 0.290. The van der Waals surface area contributed by atoms with Crippen molar-refractivity contribution in [1.82, 2.24) is 34.2 Å². The summed E-state index contributed by atoms with van der Waals surface area (Å²) in [7, 11) is 8.67. The summed E-state index contributed by atoms with van der Waals surface area (Å²) in [5, 5.41) is 6.43. The van der Waals surface area contributed by atoms with Crippen molar-refractivity contribution in [1.29, 1.82) is 0 Å². The van der Waals surface area contributed by atoms with Crippen LogP contribution in [-0.4, -0.2) is 61.6 Å². The van der Waals surface area contributed by atoms with E-state index in [-0.39, 0.29) is 18.4 Å². The molecule has 0 amide bonds. The van der Waals surface area contributed by atoms with Gasteiger partial charge >= 0.3 is 11.9 Å². The van der Waals surface area contributed by atoms with Gasteiger partial charge in [0, 0.05) is 40.2 Å². The number of carbonyl (C=O) groups is 2. The summed E-state index contributed by atoms with van der Waals surface area (Å²) < 4.78 is 14.8. The molecular weight excluding hydrogens is 476 g/mol. The molecule has 0 radical (unpaired) electrons. The number of hydrogen-bond acceptors (Lipinski definition) is 9. The SMILES string of the molecule is CNCN.COC(=O)Cc1cn(C)cn1.Cn1cccc1C(=O)OCc1ccccc1.Cn1cncn1. The van der Waals surface area contributed by atoms with Crippen LogP contribution in [0.25, 0.3) is 0 Å². The van der Waals surface area contributed by atoms with Crippen molar-refractivity contribution in [3.8, 4) is 0 Å². The van der Waals surface area contributed by atoms with Crippen LogP contribution in [0.2, 0.25) is 0 Å². The summed E-state index contributed by atoms with van der Waals surface area (Å²) >= 11 is 0. The largest absolute Gasteiger partial charge is 0.469 e. The Labute approximate surface area is 217 Å². The molecule has 0 aliphatic carbocycles. The highest BCUT2D eigenvalue weighted by Gasteiger charge is 2.09. The first kappa shape index (κ1) is 30.7. The van der Waals surface area contributed by atoms with Gasteiger partial charge in [-0.2, -0.15) is 5.10 Å². The van der Waals surface area contributed by atoms with Gasteiger partial charge in [-0.25, -0.2) is 14.8 Å². The van der Waals surface area contributed by atoms with Crippen molar-refractivity contribution in [3.63, 3.8) is 0 Å². The lowest BCUT2D eigenvalue weighted by Crippen LogP contribution is -2.15. The molecule has 0 fully saturated rings. The van der Waals surface area contributed by atoms with Crippen LogP contribution >= 0.6 is 0 Å². The van der Waals surface area contributed by atoms with Crippen LogP contribution in [0.3, 0.4) is 0 Å². The summed E-state index contributed by atoms with van der Waals surface area (Å²) in [5.41, 5.74) is 7.21. The Morgan fingerprint density at radius 3 is 2.19 bits per heavy atom. The molecule has 4 aromatic rings. The molecule has 37 heavy (non-hydrogen) atoms. The van der Waals surface area contributed by atoms with Crippen LogP contribution < -0.4 is 11.1 Å². The molecule has 3 heterocycles. The van der Waals surface area contributed by atoms with Gasteiger partial charge in [0.15, 0.2) is 0 Å². The van der Waals surface area contributed by atoms with E-state index in [1.54, 1.807) is 45.8 Å². The van der Waals surface area contributed by atoms with Crippen LogP contribution in [0.4, 0.5) is 0 Å². The number of nitrogens with zero attached hydrogens (tertiary/aromatic N) is 6. The third kappa shape index (κ3) is 13.4. The van der Waals surface area contributed by atoms with Crippen molar-refractivity contribution >= 4 is 11.9 Å². The molecule has 12 nitrogen and oxygen atoms in total. The van der Waals surface area contributed by atoms with E-state index in [4.69, 9.17) is 10.5 Å². The van der Waals surface area contributed by atoms with Crippen LogP contribution in [0.15, 0.2) is 73.8 Å². The number of rotatable bonds is 6. The molecule has 1 aromatic carbocycles. The number of nitrogens with two attached hydrogens (primary N) is 1. The zero-order valence-corrected chi connectivity index (χ0v) is 21.9. The van der Waals surface area contributed by atoms with E-state index in [0.717, 1.165) is 11.3 Å². The minimum absolute atomic E-state index is 0.247. The van der Waals surface area contributed by atoms with Gasteiger partial charge in [-0.05, 0) is 24.7 Å². The minimum Gasteiger partial charge on any atom is -0.469 e. The lowest BCUT2D eigenvalue weighted by molar-refractivity contribution is -0.139. The highest BCUT2D eigenvalue weighted by Crippen LogP contribution is 2.06. The fraction of sp³-hybridized carbons (Fsp3) is 0.320. The molecule has 3 N–H and O–H groups in total. The fourth-order valence-corrected chi connectivity index (χ4v) is 2.52. The second kappa shape index (κ2) is 18.0. The topological polar surface area (TPSA) is 144 Å². The van der Waals surface area contributed by atoms with E-state index in [1.165, 1.54) is 13.4 Å². The number of esters is 2. The zero-order valence-electron chi connectivity index (χ0n) is 21.9. The Kier molecular flexibility index (Phi) is 15.0. The maximum absolute atomic E-state index is 11.7. The van der Waals surface area contributed by atoms with E-state index in [2.05, 4.69) is 25.1 Å². The number of aromatic nitrogens is 6. The van der Waals surface area contributed by atoms with Crippen molar-refractivity contribution in [3.05, 3.63) is 90.8 Å². The first-order valence-electron chi connectivity index (χ1n) is 11.3. The molecule has 0 spiro atoms. The van der Waals surface area contributed by atoms with Gasteiger partial charge < -0.3 is 29.7 Å². The lowest BCUT2D eigenvalue weighted by Gasteiger charge is -2.05. The van der Waals surface area contributed by atoms with Crippen LogP contribution in [0, 0.1) is 0 Å². The molecule has 200 valence electrons. The molecule has 0 aliphatic rings. The van der Waals surface area contributed by atoms with Crippen molar-refractivity contribution < 1.29 is 19.1 Å². The predicted octanol–water partition coefficient (Wildman–Crippen LogP) is 1.45. The van der Waals surface area contributed by atoms with E-state index in [1.807, 2.05) is 63.7 Å². The molecule has 4 rings (SSSR count). The lowest BCUT2D eigenvalue weighted by atomic mass is 10.2. The number of nitrogens with one attached hydrogen (secondary N) is 1. The summed E-state index contributed by atoms with van der Waals surface area (Å²) in [4.78, 5) is 30.0. The summed E-state index contributed by atoms with van der Waals surface area (Å²) in [6.45, 7) is 0.880. The first-order valence-corrected chi connectivity index (χ1v) is 11.3. The van der Waals surface area contributed by atoms with E-state index in [9.17, 15) is 9.59 Å². The van der Waals surface area contributed by atoms with Crippen molar-refractivity contribution in [2.24, 2.45) is 26.9 Å². The second-order valence-corrected chi connectivity index (χ2v) is 7.48. The maximum atomic E-state index is 11.7. The third-order valence-electron chi connectivity index (χ3n) is 4.42. The van der Waals surface area contributed by atoms with Gasteiger partial charge in [-0.1, -0.05) is 30.3 Å². The molecule has 0 aliphatic heterocycles. The van der Waals surface area contributed by atoms with Gasteiger partial charge in [-0.3, -0.25) is 9.48 Å². The zero-order chi connectivity index (χ0) is 27.5. The molecule has 0 saturated heterocycles. The number of aryl methyl sites for hydroxylation is 3. The standard InChI is InChI=1S/C13H13NO2.C7H10N2O2.C3H5N3.C2H8N2/c1-14-9-5-8-12(14)13(15)16-10-11-6-3-2-4-7-11;1-9-4-6(8-5-9)3-7(10)11-2;1-6-3-4-2-5-6;1-4-2-3/h2-9H,10H2,1H3;4-5H,3H2,1-2H3;2-3H,1H3;4H,2-3H2,1H3. The van der Waals surface area contributed by atoms with E-state index < -0.39 is 0 Å². The minimum atomic E-state index is -0.295.